The van der Waals surface area contributed by atoms with E-state index in [9.17, 15) is 0 Å². The molecule has 0 aliphatic heterocycles. The lowest BCUT2D eigenvalue weighted by Gasteiger charge is -2.00. The molecule has 15 heavy (non-hydrogen) atoms. The second kappa shape index (κ2) is 3.61. The quantitative estimate of drug-likeness (QED) is 0.700. The molecule has 76 valence electrons. The molecule has 0 spiro atoms. The van der Waals surface area contributed by atoms with Crippen molar-refractivity contribution in [2.75, 3.05) is 7.11 Å². The Hall–Kier alpha value is -2.03. The molecule has 1 aromatic heterocycles. The number of hydrogen-bond acceptors (Lipinski definition) is 2. The summed E-state index contributed by atoms with van der Waals surface area (Å²) in [5.41, 5.74) is 2.03. The van der Waals surface area contributed by atoms with Gasteiger partial charge in [0, 0.05) is 23.9 Å². The molecule has 0 unspecified atom stereocenters. The van der Waals surface area contributed by atoms with E-state index in [1.54, 1.807) is 17.9 Å². The van der Waals surface area contributed by atoms with Gasteiger partial charge in [-0.05, 0) is 18.2 Å². The predicted molar refractivity (Wildman–Crippen MR) is 63.5 cm³/mol. The Morgan fingerprint density at radius 3 is 2.87 bits per heavy atom. The fourth-order valence-electron chi connectivity index (χ4n) is 1.62. The molecular weight excluding hydrogens is 188 g/mol. The summed E-state index contributed by atoms with van der Waals surface area (Å²) in [5, 5.41) is 4.97. The molecule has 0 bridgehead atoms. The lowest BCUT2D eigenvalue weighted by Crippen LogP contribution is -1.84. The number of ether oxygens (including phenoxy) is 1. The minimum absolute atomic E-state index is 0.826. The average molecular weight is 200 g/mol. The van der Waals surface area contributed by atoms with Gasteiger partial charge in [-0.3, -0.25) is 0 Å². The molecule has 0 radical (unpaired) electrons. The molecule has 0 saturated carbocycles. The van der Waals surface area contributed by atoms with Gasteiger partial charge < -0.3 is 4.74 Å². The molecule has 0 aliphatic carbocycles. The molecule has 0 atom stereocenters. The molecule has 3 heteroatoms. The summed E-state index contributed by atoms with van der Waals surface area (Å²) in [6.45, 7) is 7.29. The van der Waals surface area contributed by atoms with Crippen molar-refractivity contribution in [2.45, 2.75) is 0 Å². The maximum absolute atomic E-state index is 5.17. The van der Waals surface area contributed by atoms with Gasteiger partial charge >= 0.3 is 0 Å². The van der Waals surface area contributed by atoms with Crippen molar-refractivity contribution in [2.24, 2.45) is 5.10 Å². The minimum atomic E-state index is 0.826. The summed E-state index contributed by atoms with van der Waals surface area (Å²) >= 11 is 0. The standard InChI is InChI=1S/C12H12N2O/c1-4-9-8-14(13-2)12-6-5-10(15-3)7-11(9)12/h4-8H,1-2H2,3H3. The van der Waals surface area contributed by atoms with E-state index in [2.05, 4.69) is 18.4 Å². The zero-order chi connectivity index (χ0) is 10.8. The van der Waals surface area contributed by atoms with E-state index in [1.807, 2.05) is 24.4 Å². The van der Waals surface area contributed by atoms with Crippen molar-refractivity contribution < 1.29 is 4.74 Å². The first-order valence-electron chi connectivity index (χ1n) is 4.58. The zero-order valence-electron chi connectivity index (χ0n) is 8.60. The Morgan fingerprint density at radius 1 is 1.47 bits per heavy atom. The maximum atomic E-state index is 5.17. The maximum Gasteiger partial charge on any atom is 0.119 e. The largest absolute Gasteiger partial charge is 0.497 e. The van der Waals surface area contributed by atoms with Crippen LogP contribution in [0.25, 0.3) is 17.0 Å². The van der Waals surface area contributed by atoms with Gasteiger partial charge in [-0.1, -0.05) is 12.7 Å². The van der Waals surface area contributed by atoms with Crippen LogP contribution in [0.2, 0.25) is 0 Å². The van der Waals surface area contributed by atoms with Gasteiger partial charge in [0.2, 0.25) is 0 Å². The van der Waals surface area contributed by atoms with E-state index >= 15 is 0 Å². The number of aromatic nitrogens is 1. The molecule has 1 aromatic carbocycles. The van der Waals surface area contributed by atoms with Crippen molar-refractivity contribution in [1.82, 2.24) is 4.68 Å². The third kappa shape index (κ3) is 1.42. The van der Waals surface area contributed by atoms with E-state index in [0.29, 0.717) is 0 Å². The van der Waals surface area contributed by atoms with Crippen LogP contribution in [0, 0.1) is 0 Å². The van der Waals surface area contributed by atoms with E-state index in [-0.39, 0.29) is 0 Å². The van der Waals surface area contributed by atoms with E-state index in [1.165, 1.54) is 0 Å². The van der Waals surface area contributed by atoms with Crippen LogP contribution < -0.4 is 4.74 Å². The van der Waals surface area contributed by atoms with Crippen molar-refractivity contribution in [3.8, 4) is 5.75 Å². The molecular formula is C12H12N2O. The third-order valence-corrected chi connectivity index (χ3v) is 2.40. The van der Waals surface area contributed by atoms with Gasteiger partial charge in [-0.2, -0.15) is 5.10 Å². The highest BCUT2D eigenvalue weighted by atomic mass is 16.5. The molecule has 0 amide bonds. The van der Waals surface area contributed by atoms with E-state index < -0.39 is 0 Å². The summed E-state index contributed by atoms with van der Waals surface area (Å²) in [6.07, 6.45) is 3.69. The Morgan fingerprint density at radius 2 is 2.27 bits per heavy atom. The predicted octanol–water partition coefficient (Wildman–Crippen LogP) is 2.76. The molecule has 1 heterocycles. The number of rotatable bonds is 3. The van der Waals surface area contributed by atoms with Crippen LogP contribution in [0.4, 0.5) is 0 Å². The smallest absolute Gasteiger partial charge is 0.119 e. The second-order valence-corrected chi connectivity index (χ2v) is 3.16. The molecule has 3 nitrogen and oxygen atoms in total. The fourth-order valence-corrected chi connectivity index (χ4v) is 1.62. The Bertz CT molecular complexity index is 526. The van der Waals surface area contributed by atoms with Crippen molar-refractivity contribution in [3.05, 3.63) is 36.5 Å². The highest BCUT2D eigenvalue weighted by molar-refractivity contribution is 5.90. The molecule has 0 fully saturated rings. The Kier molecular flexibility index (Phi) is 2.29. The monoisotopic (exact) mass is 200 g/mol. The third-order valence-electron chi connectivity index (χ3n) is 2.40. The topological polar surface area (TPSA) is 26.5 Å². The van der Waals surface area contributed by atoms with Gasteiger partial charge in [0.15, 0.2) is 0 Å². The first kappa shape index (κ1) is 9.52. The van der Waals surface area contributed by atoms with Gasteiger partial charge in [-0.25, -0.2) is 4.68 Å². The molecule has 0 saturated heterocycles. The first-order valence-corrected chi connectivity index (χ1v) is 4.58. The van der Waals surface area contributed by atoms with Gasteiger partial charge in [0.05, 0.1) is 12.6 Å². The van der Waals surface area contributed by atoms with Crippen LogP contribution in [0.5, 0.6) is 5.75 Å². The van der Waals surface area contributed by atoms with E-state index in [4.69, 9.17) is 4.74 Å². The summed E-state index contributed by atoms with van der Waals surface area (Å²) in [5.74, 6) is 0.826. The summed E-state index contributed by atoms with van der Waals surface area (Å²) in [6, 6.07) is 5.82. The molecule has 2 rings (SSSR count). The van der Waals surface area contributed by atoms with Crippen LogP contribution in [-0.2, 0) is 0 Å². The van der Waals surface area contributed by atoms with Gasteiger partial charge in [0.1, 0.15) is 5.75 Å². The number of methoxy groups -OCH3 is 1. The number of nitrogens with zero attached hydrogens (tertiary/aromatic N) is 2. The highest BCUT2D eigenvalue weighted by Gasteiger charge is 2.06. The molecule has 0 N–H and O–H groups in total. The zero-order valence-corrected chi connectivity index (χ0v) is 8.60. The van der Waals surface area contributed by atoms with Crippen LogP contribution in [0.3, 0.4) is 0 Å². The van der Waals surface area contributed by atoms with Gasteiger partial charge in [-0.15, -0.1) is 0 Å². The second-order valence-electron chi connectivity index (χ2n) is 3.16. The van der Waals surface area contributed by atoms with Crippen LogP contribution in [0.1, 0.15) is 5.56 Å². The highest BCUT2D eigenvalue weighted by Crippen LogP contribution is 2.26. The SMILES string of the molecule is C=Cc1cn(N=C)c2ccc(OC)cc12. The summed E-state index contributed by atoms with van der Waals surface area (Å²) < 4.78 is 6.90. The summed E-state index contributed by atoms with van der Waals surface area (Å²) in [7, 11) is 1.65. The lowest BCUT2D eigenvalue weighted by atomic mass is 10.1. The van der Waals surface area contributed by atoms with Crippen LogP contribution in [0.15, 0.2) is 36.1 Å². The van der Waals surface area contributed by atoms with Crippen molar-refractivity contribution >= 4 is 23.7 Å². The minimum Gasteiger partial charge on any atom is -0.497 e. The Balaban J connectivity index is 2.79. The van der Waals surface area contributed by atoms with Crippen LogP contribution in [-0.4, -0.2) is 18.5 Å². The molecule has 2 aromatic rings. The lowest BCUT2D eigenvalue weighted by molar-refractivity contribution is 0.415. The molecule has 0 aliphatic rings. The van der Waals surface area contributed by atoms with Crippen molar-refractivity contribution in [1.29, 1.82) is 0 Å². The normalized spacial score (nSPS) is 10.2. The summed E-state index contributed by atoms with van der Waals surface area (Å²) in [4.78, 5) is 0. The number of benzene rings is 1. The number of hydrogen-bond donors (Lipinski definition) is 0. The Labute approximate surface area is 88.3 Å². The average Bonchev–Trinajstić information content (AvgIpc) is 2.65. The van der Waals surface area contributed by atoms with Gasteiger partial charge in [0.25, 0.3) is 0 Å². The first-order chi connectivity index (χ1) is 7.30. The van der Waals surface area contributed by atoms with Crippen LogP contribution >= 0.6 is 0 Å². The number of fused-ring (bicyclic) bond motifs is 1. The van der Waals surface area contributed by atoms with E-state index in [0.717, 1.165) is 22.2 Å². The fraction of sp³-hybridized carbons (Fsp3) is 0.0833. The van der Waals surface area contributed by atoms with Crippen molar-refractivity contribution in [3.63, 3.8) is 0 Å².